The molecule has 0 aliphatic rings. The molecule has 0 heterocycles. The van der Waals surface area contributed by atoms with Crippen molar-refractivity contribution in [3.8, 4) is 0 Å². The number of hydrogen-bond donors (Lipinski definition) is 0. The van der Waals surface area contributed by atoms with Crippen molar-refractivity contribution >= 4 is 17.9 Å². The fourth-order valence-corrected chi connectivity index (χ4v) is 8.20. The second kappa shape index (κ2) is 58.2. The summed E-state index contributed by atoms with van der Waals surface area (Å²) < 4.78 is 16.9. The van der Waals surface area contributed by atoms with Crippen molar-refractivity contribution < 1.29 is 28.6 Å². The van der Waals surface area contributed by atoms with E-state index in [9.17, 15) is 14.4 Å². The molecule has 0 aromatic rings. The van der Waals surface area contributed by atoms with Gasteiger partial charge < -0.3 is 14.2 Å². The van der Waals surface area contributed by atoms with E-state index in [0.717, 1.165) is 109 Å². The van der Waals surface area contributed by atoms with Gasteiger partial charge in [0.1, 0.15) is 13.2 Å². The molecule has 0 radical (unpaired) electrons. The van der Waals surface area contributed by atoms with Crippen molar-refractivity contribution in [2.75, 3.05) is 13.2 Å². The number of carbonyl (C=O) groups is 3. The smallest absolute Gasteiger partial charge is 0.306 e. The number of unbranched alkanes of at least 4 members (excludes halogenated alkanes) is 32. The van der Waals surface area contributed by atoms with Crippen LogP contribution in [0.2, 0.25) is 0 Å². The van der Waals surface area contributed by atoms with Gasteiger partial charge in [0.2, 0.25) is 0 Å². The number of ether oxygens (including phenoxy) is 3. The van der Waals surface area contributed by atoms with Crippen molar-refractivity contribution in [1.29, 1.82) is 0 Å². The number of rotatable bonds is 53. The van der Waals surface area contributed by atoms with Gasteiger partial charge in [-0.15, -0.1) is 0 Å². The molecule has 402 valence electrons. The third-order valence-electron chi connectivity index (χ3n) is 12.7. The summed E-state index contributed by atoms with van der Waals surface area (Å²) in [4.78, 5) is 38.2. The first-order valence-electron chi connectivity index (χ1n) is 29.7. The molecule has 70 heavy (non-hydrogen) atoms. The molecule has 0 bridgehead atoms. The van der Waals surface area contributed by atoms with E-state index < -0.39 is 6.10 Å². The van der Waals surface area contributed by atoms with Crippen molar-refractivity contribution in [2.45, 2.75) is 290 Å². The first-order chi connectivity index (χ1) is 34.5. The fourth-order valence-electron chi connectivity index (χ4n) is 8.20. The lowest BCUT2D eigenvalue weighted by Crippen LogP contribution is -2.30. The number of esters is 3. The number of carbonyl (C=O) groups excluding carboxylic acids is 3. The first kappa shape index (κ1) is 66.6. The maximum atomic E-state index is 12.9. The minimum Gasteiger partial charge on any atom is -0.462 e. The average Bonchev–Trinajstić information content (AvgIpc) is 3.36. The van der Waals surface area contributed by atoms with E-state index in [2.05, 4.69) is 106 Å². The SMILES string of the molecule is CCCCC\C=C/C=C\C=C/C=C\CCCCCCCC(=O)OCC(COC(=O)CCCCCCC/C=C\CCCCCCCCC)OC(=O)CCCCCCC/C=C\C=C/CCCCCCCCC. The van der Waals surface area contributed by atoms with Gasteiger partial charge in [-0.25, -0.2) is 0 Å². The van der Waals surface area contributed by atoms with Gasteiger partial charge >= 0.3 is 17.9 Å². The lowest BCUT2D eigenvalue weighted by atomic mass is 10.1. The topological polar surface area (TPSA) is 78.9 Å². The van der Waals surface area contributed by atoms with Crippen LogP contribution in [0.1, 0.15) is 284 Å². The van der Waals surface area contributed by atoms with Gasteiger partial charge in [0, 0.05) is 19.3 Å². The molecule has 0 aliphatic carbocycles. The predicted molar refractivity (Wildman–Crippen MR) is 302 cm³/mol. The zero-order chi connectivity index (χ0) is 50.7. The Hall–Kier alpha value is -3.41. The Bertz CT molecular complexity index is 1350. The second-order valence-electron chi connectivity index (χ2n) is 19.7. The van der Waals surface area contributed by atoms with Crippen LogP contribution < -0.4 is 0 Å². The Kier molecular flexibility index (Phi) is 55.3. The standard InChI is InChI=1S/C64H110O6/c1-4-7-10-13-16-19-22-25-28-31-33-36-39-42-45-48-51-54-57-63(66)69-60-61(59-68-62(65)56-53-50-47-44-41-38-35-30-27-24-21-18-15-12-9-6-3)70-64(67)58-55-52-49-46-43-40-37-34-32-29-26-23-20-17-14-11-8-5-2/h16,19,22,25,28-37,61H,4-15,17-18,20-21,23-24,26-27,38-60H2,1-3H3/b19-16-,25-22-,31-28-,32-29-,35-30-,36-33-,37-34-. The molecule has 0 saturated carbocycles. The number of allylic oxidation sites excluding steroid dienone is 14. The summed E-state index contributed by atoms with van der Waals surface area (Å²) in [5, 5.41) is 0. The van der Waals surface area contributed by atoms with E-state index in [1.54, 1.807) is 0 Å². The summed E-state index contributed by atoms with van der Waals surface area (Å²) in [7, 11) is 0. The molecule has 0 rings (SSSR count). The van der Waals surface area contributed by atoms with Crippen molar-refractivity contribution in [3.05, 3.63) is 85.1 Å². The van der Waals surface area contributed by atoms with Crippen LogP contribution in [-0.4, -0.2) is 37.2 Å². The van der Waals surface area contributed by atoms with Gasteiger partial charge in [0.15, 0.2) is 6.10 Å². The molecule has 0 aromatic carbocycles. The zero-order valence-electron chi connectivity index (χ0n) is 46.0. The normalized spacial score (nSPS) is 12.7. The van der Waals surface area contributed by atoms with Crippen LogP contribution in [0.5, 0.6) is 0 Å². The summed E-state index contributed by atoms with van der Waals surface area (Å²) >= 11 is 0. The Morgan fingerprint density at radius 1 is 0.286 bits per heavy atom. The lowest BCUT2D eigenvalue weighted by Gasteiger charge is -2.18. The van der Waals surface area contributed by atoms with E-state index in [1.165, 1.54) is 135 Å². The van der Waals surface area contributed by atoms with Gasteiger partial charge in [-0.2, -0.15) is 0 Å². The van der Waals surface area contributed by atoms with Gasteiger partial charge in [-0.3, -0.25) is 14.4 Å². The molecule has 0 spiro atoms. The highest BCUT2D eigenvalue weighted by atomic mass is 16.6. The van der Waals surface area contributed by atoms with Crippen LogP contribution in [0.4, 0.5) is 0 Å². The highest BCUT2D eigenvalue weighted by Crippen LogP contribution is 2.14. The molecule has 0 aromatic heterocycles. The molecule has 6 nitrogen and oxygen atoms in total. The maximum Gasteiger partial charge on any atom is 0.306 e. The highest BCUT2D eigenvalue weighted by Gasteiger charge is 2.19. The monoisotopic (exact) mass is 975 g/mol. The van der Waals surface area contributed by atoms with Crippen LogP contribution in [0.15, 0.2) is 85.1 Å². The Balaban J connectivity index is 4.48. The molecule has 1 unspecified atom stereocenters. The summed E-state index contributed by atoms with van der Waals surface area (Å²) in [6.07, 6.45) is 75.6. The summed E-state index contributed by atoms with van der Waals surface area (Å²) in [5.74, 6) is -0.934. The third-order valence-corrected chi connectivity index (χ3v) is 12.7. The Morgan fingerprint density at radius 3 is 0.886 bits per heavy atom. The van der Waals surface area contributed by atoms with Crippen LogP contribution in [0.25, 0.3) is 0 Å². The maximum absolute atomic E-state index is 12.9. The van der Waals surface area contributed by atoms with Crippen molar-refractivity contribution in [1.82, 2.24) is 0 Å². The molecular weight excluding hydrogens is 865 g/mol. The van der Waals surface area contributed by atoms with Gasteiger partial charge in [-0.05, 0) is 96.3 Å². The highest BCUT2D eigenvalue weighted by molar-refractivity contribution is 5.71. The average molecular weight is 976 g/mol. The summed E-state index contributed by atoms with van der Waals surface area (Å²) in [6, 6.07) is 0. The quantitative estimate of drug-likeness (QED) is 0.0199. The van der Waals surface area contributed by atoms with E-state index in [4.69, 9.17) is 14.2 Å². The molecular formula is C64H110O6. The third kappa shape index (κ3) is 55.5. The summed E-state index contributed by atoms with van der Waals surface area (Å²) in [6.45, 7) is 6.57. The molecule has 0 N–H and O–H groups in total. The minimum absolute atomic E-state index is 0.0949. The molecule has 0 fully saturated rings. The van der Waals surface area contributed by atoms with Crippen LogP contribution in [-0.2, 0) is 28.6 Å². The van der Waals surface area contributed by atoms with Crippen molar-refractivity contribution in [3.63, 3.8) is 0 Å². The Morgan fingerprint density at radius 2 is 0.529 bits per heavy atom. The van der Waals surface area contributed by atoms with Crippen LogP contribution in [0, 0.1) is 0 Å². The molecule has 0 aliphatic heterocycles. The zero-order valence-corrected chi connectivity index (χ0v) is 46.0. The largest absolute Gasteiger partial charge is 0.462 e. The van der Waals surface area contributed by atoms with E-state index >= 15 is 0 Å². The number of hydrogen-bond acceptors (Lipinski definition) is 6. The minimum atomic E-state index is -0.799. The predicted octanol–water partition coefficient (Wildman–Crippen LogP) is 19.9. The first-order valence-corrected chi connectivity index (χ1v) is 29.7. The Labute approximate surface area is 433 Å². The second-order valence-corrected chi connectivity index (χ2v) is 19.7. The van der Waals surface area contributed by atoms with Gasteiger partial charge in [0.25, 0.3) is 0 Å². The van der Waals surface area contributed by atoms with Crippen molar-refractivity contribution in [2.24, 2.45) is 0 Å². The van der Waals surface area contributed by atoms with E-state index in [0.29, 0.717) is 19.3 Å². The molecule has 6 heteroatoms. The molecule has 0 amide bonds. The van der Waals surface area contributed by atoms with Gasteiger partial charge in [-0.1, -0.05) is 254 Å². The fraction of sp³-hybridized carbons (Fsp3) is 0.734. The summed E-state index contributed by atoms with van der Waals surface area (Å²) in [5.41, 5.74) is 0. The van der Waals surface area contributed by atoms with E-state index in [-0.39, 0.29) is 31.1 Å². The molecule has 1 atom stereocenters. The molecule has 0 saturated heterocycles. The van der Waals surface area contributed by atoms with E-state index in [1.807, 2.05) is 0 Å². The van der Waals surface area contributed by atoms with Crippen LogP contribution in [0.3, 0.4) is 0 Å². The van der Waals surface area contributed by atoms with Gasteiger partial charge in [0.05, 0.1) is 0 Å². The lowest BCUT2D eigenvalue weighted by molar-refractivity contribution is -0.167. The van der Waals surface area contributed by atoms with Crippen LogP contribution >= 0.6 is 0 Å².